The molecule has 2 aliphatic rings. The van der Waals surface area contributed by atoms with E-state index in [9.17, 15) is 9.59 Å². The highest BCUT2D eigenvalue weighted by atomic mass is 16.2. The van der Waals surface area contributed by atoms with Gasteiger partial charge in [-0.05, 0) is 74.4 Å². The number of ketones is 1. The van der Waals surface area contributed by atoms with Gasteiger partial charge >= 0.3 is 0 Å². The van der Waals surface area contributed by atoms with Crippen LogP contribution in [0.4, 0.5) is 11.4 Å². The molecule has 0 spiro atoms. The Morgan fingerprint density at radius 1 is 0.970 bits per heavy atom. The van der Waals surface area contributed by atoms with Crippen molar-refractivity contribution in [1.82, 2.24) is 0 Å². The third-order valence-electron chi connectivity index (χ3n) is 7.38. The molecule has 174 valence electrons. The van der Waals surface area contributed by atoms with Crippen molar-refractivity contribution < 1.29 is 9.59 Å². The minimum atomic E-state index is -0.178. The lowest BCUT2D eigenvalue weighted by molar-refractivity contribution is -0.121. The number of anilines is 2. The molecule has 4 heteroatoms. The van der Waals surface area contributed by atoms with Crippen molar-refractivity contribution in [2.45, 2.75) is 66.7 Å². The van der Waals surface area contributed by atoms with E-state index in [0.717, 1.165) is 53.2 Å². The molecule has 1 aliphatic carbocycles. The van der Waals surface area contributed by atoms with Crippen LogP contribution in [0.5, 0.6) is 0 Å². The van der Waals surface area contributed by atoms with Gasteiger partial charge in [-0.2, -0.15) is 0 Å². The Kier molecular flexibility index (Phi) is 6.22. The number of allylic oxidation sites excluding steroid dienone is 2. The summed E-state index contributed by atoms with van der Waals surface area (Å²) in [6, 6.07) is 14.5. The van der Waals surface area contributed by atoms with Crippen molar-refractivity contribution in [2.75, 3.05) is 22.9 Å². The zero-order valence-corrected chi connectivity index (χ0v) is 20.9. The zero-order chi connectivity index (χ0) is 23.9. The Hall–Kier alpha value is -2.88. The van der Waals surface area contributed by atoms with Gasteiger partial charge in [-0.3, -0.25) is 14.5 Å². The first kappa shape index (κ1) is 23.3. The summed E-state index contributed by atoms with van der Waals surface area (Å²) in [6.45, 7) is 14.6. The normalized spacial score (nSPS) is 20.2. The van der Waals surface area contributed by atoms with Crippen molar-refractivity contribution >= 4 is 23.1 Å². The molecule has 0 bridgehead atoms. The van der Waals surface area contributed by atoms with Gasteiger partial charge in [0.25, 0.3) is 0 Å². The molecule has 4 nitrogen and oxygen atoms in total. The molecule has 0 saturated carbocycles. The molecule has 0 aromatic heterocycles. The summed E-state index contributed by atoms with van der Waals surface area (Å²) in [7, 11) is 0. The first-order valence-electron chi connectivity index (χ1n) is 12.2. The monoisotopic (exact) mass is 444 g/mol. The number of carbonyl (C=O) groups excluding carboxylic acids is 2. The Labute approximate surface area is 198 Å². The number of rotatable bonds is 5. The number of aryl methyl sites for hydroxylation is 1. The molecule has 1 unspecified atom stereocenters. The van der Waals surface area contributed by atoms with Crippen molar-refractivity contribution in [3.05, 3.63) is 70.4 Å². The molecule has 1 amide bonds. The van der Waals surface area contributed by atoms with E-state index >= 15 is 0 Å². The first-order valence-corrected chi connectivity index (χ1v) is 12.2. The van der Waals surface area contributed by atoms with E-state index in [1.165, 1.54) is 5.69 Å². The van der Waals surface area contributed by atoms with Gasteiger partial charge in [0, 0.05) is 48.8 Å². The predicted octanol–water partition coefficient (Wildman–Crippen LogP) is 6.31. The maximum absolute atomic E-state index is 13.7. The highest BCUT2D eigenvalue weighted by Gasteiger charge is 2.44. The van der Waals surface area contributed by atoms with E-state index in [4.69, 9.17) is 0 Å². The zero-order valence-electron chi connectivity index (χ0n) is 20.9. The fourth-order valence-corrected chi connectivity index (χ4v) is 5.46. The van der Waals surface area contributed by atoms with Crippen LogP contribution in [0.15, 0.2) is 53.7 Å². The number of carbonyl (C=O) groups is 2. The Morgan fingerprint density at radius 2 is 1.64 bits per heavy atom. The molecule has 0 N–H and O–H groups in total. The van der Waals surface area contributed by atoms with Crippen molar-refractivity contribution in [1.29, 1.82) is 0 Å². The lowest BCUT2D eigenvalue weighted by Crippen LogP contribution is -2.44. The quantitative estimate of drug-likeness (QED) is 0.542. The van der Waals surface area contributed by atoms with Crippen LogP contribution in [-0.4, -0.2) is 24.8 Å². The van der Waals surface area contributed by atoms with E-state index in [2.05, 4.69) is 76.8 Å². The summed E-state index contributed by atoms with van der Waals surface area (Å²) >= 11 is 0. The summed E-state index contributed by atoms with van der Waals surface area (Å²) in [5.41, 5.74) is 6.96. The van der Waals surface area contributed by atoms with E-state index in [-0.39, 0.29) is 23.0 Å². The predicted molar refractivity (Wildman–Crippen MR) is 136 cm³/mol. The molecule has 1 aliphatic heterocycles. The Morgan fingerprint density at radius 3 is 2.27 bits per heavy atom. The number of Topliss-reactive ketones (excluding diaryl/α,β-unsaturated/α-hetero) is 1. The molecular formula is C29H36N2O2. The van der Waals surface area contributed by atoms with E-state index in [1.54, 1.807) is 0 Å². The summed E-state index contributed by atoms with van der Waals surface area (Å²) in [4.78, 5) is 31.3. The minimum Gasteiger partial charge on any atom is -0.372 e. The summed E-state index contributed by atoms with van der Waals surface area (Å²) in [6.07, 6.45) is 1.57. The lowest BCUT2D eigenvalue weighted by Gasteiger charge is -2.43. The fourth-order valence-electron chi connectivity index (χ4n) is 5.46. The van der Waals surface area contributed by atoms with Crippen molar-refractivity contribution in [3.63, 3.8) is 0 Å². The average Bonchev–Trinajstić information content (AvgIpc) is 2.76. The second-order valence-electron chi connectivity index (χ2n) is 10.3. The maximum Gasteiger partial charge on any atom is 0.232 e. The fraction of sp³-hybridized carbons (Fsp3) is 0.448. The third kappa shape index (κ3) is 4.23. The number of nitrogens with zero attached hydrogens (tertiary/aromatic N) is 2. The van der Waals surface area contributed by atoms with Gasteiger partial charge in [-0.15, -0.1) is 0 Å². The smallest absolute Gasteiger partial charge is 0.232 e. The molecular weight excluding hydrogens is 408 g/mol. The van der Waals surface area contributed by atoms with Crippen LogP contribution in [0.1, 0.15) is 69.6 Å². The molecule has 2 aromatic rings. The van der Waals surface area contributed by atoms with Gasteiger partial charge < -0.3 is 4.90 Å². The van der Waals surface area contributed by atoms with Crippen LogP contribution in [0.3, 0.4) is 0 Å². The van der Waals surface area contributed by atoms with Gasteiger partial charge in [0.05, 0.1) is 5.69 Å². The number of benzene rings is 2. The molecule has 33 heavy (non-hydrogen) atoms. The van der Waals surface area contributed by atoms with Crippen LogP contribution in [0.2, 0.25) is 0 Å². The highest BCUT2D eigenvalue weighted by Crippen LogP contribution is 2.48. The van der Waals surface area contributed by atoms with Crippen LogP contribution < -0.4 is 9.80 Å². The minimum absolute atomic E-state index is 0.0748. The van der Waals surface area contributed by atoms with Crippen LogP contribution in [0.25, 0.3) is 0 Å². The van der Waals surface area contributed by atoms with Gasteiger partial charge in [-0.25, -0.2) is 0 Å². The second kappa shape index (κ2) is 8.81. The molecule has 0 fully saturated rings. The Bertz CT molecular complexity index is 1110. The lowest BCUT2D eigenvalue weighted by atomic mass is 9.69. The van der Waals surface area contributed by atoms with Crippen LogP contribution >= 0.6 is 0 Å². The van der Waals surface area contributed by atoms with E-state index < -0.39 is 0 Å². The molecule has 1 heterocycles. The summed E-state index contributed by atoms with van der Waals surface area (Å²) < 4.78 is 0. The van der Waals surface area contributed by atoms with Gasteiger partial charge in [-0.1, -0.05) is 38.1 Å². The molecule has 4 rings (SSSR count). The topological polar surface area (TPSA) is 40.6 Å². The second-order valence-corrected chi connectivity index (χ2v) is 10.3. The van der Waals surface area contributed by atoms with Crippen molar-refractivity contribution in [2.24, 2.45) is 5.41 Å². The third-order valence-corrected chi connectivity index (χ3v) is 7.38. The number of hydrogen-bond acceptors (Lipinski definition) is 3. The van der Waals surface area contributed by atoms with Crippen LogP contribution in [-0.2, 0) is 9.59 Å². The highest BCUT2D eigenvalue weighted by molar-refractivity contribution is 6.08. The molecule has 1 atom stereocenters. The summed E-state index contributed by atoms with van der Waals surface area (Å²) in [5.74, 6) is 0.0795. The van der Waals surface area contributed by atoms with E-state index in [0.29, 0.717) is 12.8 Å². The first-order chi connectivity index (χ1) is 15.7. The average molecular weight is 445 g/mol. The molecule has 2 aromatic carbocycles. The number of amides is 1. The molecule has 0 radical (unpaired) electrons. The van der Waals surface area contributed by atoms with E-state index in [1.807, 2.05) is 17.0 Å². The SMILES string of the molecule is CCN(CC)c1ccc(C2CC(=O)N(c3cccc(C)c3C)C3=C2C(=O)CC(C)(C)C3)cc1. The van der Waals surface area contributed by atoms with Gasteiger partial charge in [0.15, 0.2) is 5.78 Å². The standard InChI is InChI=1S/C29H36N2O2/c1-7-30(8-2)22-14-12-21(13-15-22)23-16-27(33)31(24-11-9-10-19(3)20(24)4)25-17-29(5,6)18-26(32)28(23)25/h9-15,23H,7-8,16-18H2,1-6H3. The maximum atomic E-state index is 13.7. The molecule has 0 saturated heterocycles. The van der Waals surface area contributed by atoms with Crippen LogP contribution in [0, 0.1) is 19.3 Å². The summed E-state index contributed by atoms with van der Waals surface area (Å²) in [5, 5.41) is 0. The van der Waals surface area contributed by atoms with Gasteiger partial charge in [0.1, 0.15) is 0 Å². The number of hydrogen-bond donors (Lipinski definition) is 0. The largest absolute Gasteiger partial charge is 0.372 e. The Balaban J connectivity index is 1.84. The van der Waals surface area contributed by atoms with Gasteiger partial charge in [0.2, 0.25) is 5.91 Å². The van der Waals surface area contributed by atoms with Crippen molar-refractivity contribution in [3.8, 4) is 0 Å².